The van der Waals surface area contributed by atoms with Crippen LogP contribution in [0.4, 0.5) is 5.69 Å². The number of rotatable bonds is 9. The van der Waals surface area contributed by atoms with Crippen LogP contribution in [-0.2, 0) is 20.9 Å². The minimum atomic E-state index is -1.05. The summed E-state index contributed by atoms with van der Waals surface area (Å²) in [7, 11) is 0. The van der Waals surface area contributed by atoms with Gasteiger partial charge in [0.2, 0.25) is 11.8 Å². The maximum absolute atomic E-state index is 13.2. The first kappa shape index (κ1) is 27.9. The van der Waals surface area contributed by atoms with Crippen LogP contribution < -0.4 is 16.0 Å². The number of likely N-dealkylation sites (tertiary alicyclic amines) is 1. The van der Waals surface area contributed by atoms with Crippen molar-refractivity contribution >= 4 is 41.2 Å². The summed E-state index contributed by atoms with van der Waals surface area (Å²) in [4.78, 5) is 80.9. The molecule has 1 unspecified atom stereocenters. The van der Waals surface area contributed by atoms with Crippen LogP contribution >= 0.6 is 0 Å². The average molecular weight is 563 g/mol. The van der Waals surface area contributed by atoms with Gasteiger partial charge in [0.1, 0.15) is 11.7 Å². The fraction of sp³-hybridized carbons (Fsp3) is 0.393. The highest BCUT2D eigenvalue weighted by molar-refractivity contribution is 6.25. The number of carboxylic acids is 1. The highest BCUT2D eigenvalue weighted by atomic mass is 16.4. The standard InChI is InChI=1S/C28H30N6O7/c35-22-7-6-21(25(37)32-22)34-26(38)18-2-1-3-19(23(18)27(34)39)29-10-11-30-24(36)20-5-4-16(14-31-20)15-33-12-8-17(9-13-33)28(40)41/h1-5,14,17,21,29H,6-13,15H2,(H,30,36)(H,40,41)(H,32,35,37). The Labute approximate surface area is 235 Å². The molecule has 4 heterocycles. The summed E-state index contributed by atoms with van der Waals surface area (Å²) in [5, 5.41) is 17.2. The van der Waals surface area contributed by atoms with E-state index in [1.165, 1.54) is 6.07 Å². The van der Waals surface area contributed by atoms with Crippen LogP contribution in [0.25, 0.3) is 0 Å². The Kier molecular flexibility index (Phi) is 8.06. The quantitative estimate of drug-likeness (QED) is 0.250. The molecule has 0 saturated carbocycles. The van der Waals surface area contributed by atoms with E-state index < -0.39 is 35.6 Å². The van der Waals surface area contributed by atoms with Gasteiger partial charge in [-0.2, -0.15) is 0 Å². The molecule has 3 aliphatic rings. The first-order valence-corrected chi connectivity index (χ1v) is 13.5. The molecule has 4 N–H and O–H groups in total. The zero-order chi connectivity index (χ0) is 29.1. The minimum absolute atomic E-state index is 0.0413. The Morgan fingerprint density at radius 1 is 1.00 bits per heavy atom. The highest BCUT2D eigenvalue weighted by Gasteiger charge is 2.45. The number of anilines is 1. The summed E-state index contributed by atoms with van der Waals surface area (Å²) in [5.74, 6) is -3.71. The van der Waals surface area contributed by atoms with Gasteiger partial charge in [-0.05, 0) is 56.1 Å². The molecule has 0 radical (unpaired) electrons. The number of imide groups is 2. The van der Waals surface area contributed by atoms with Crippen molar-refractivity contribution in [2.24, 2.45) is 5.92 Å². The second-order valence-electron chi connectivity index (χ2n) is 10.3. The van der Waals surface area contributed by atoms with Crippen molar-refractivity contribution < 1.29 is 33.9 Å². The Hall–Kier alpha value is -4.65. The first-order valence-electron chi connectivity index (χ1n) is 13.5. The number of benzene rings is 1. The minimum Gasteiger partial charge on any atom is -0.481 e. The van der Waals surface area contributed by atoms with Crippen molar-refractivity contribution in [3.63, 3.8) is 0 Å². The molecule has 214 valence electrons. The molecule has 1 aromatic heterocycles. The van der Waals surface area contributed by atoms with Crippen LogP contribution in [0.3, 0.4) is 0 Å². The number of nitrogens with zero attached hydrogens (tertiary/aromatic N) is 3. The molecule has 3 aliphatic heterocycles. The van der Waals surface area contributed by atoms with Gasteiger partial charge in [0, 0.05) is 37.9 Å². The number of aromatic nitrogens is 1. The number of nitrogens with one attached hydrogen (secondary N) is 3. The van der Waals surface area contributed by atoms with Gasteiger partial charge < -0.3 is 15.7 Å². The average Bonchev–Trinajstić information content (AvgIpc) is 3.21. The maximum atomic E-state index is 13.2. The summed E-state index contributed by atoms with van der Waals surface area (Å²) in [6, 6.07) is 7.20. The number of carboxylic acid groups (broad SMARTS) is 1. The van der Waals surface area contributed by atoms with Gasteiger partial charge in [-0.1, -0.05) is 12.1 Å². The van der Waals surface area contributed by atoms with E-state index >= 15 is 0 Å². The number of hydrogen-bond donors (Lipinski definition) is 4. The molecule has 2 saturated heterocycles. The van der Waals surface area contributed by atoms with E-state index in [2.05, 4.69) is 25.8 Å². The third-order valence-corrected chi connectivity index (χ3v) is 7.59. The van der Waals surface area contributed by atoms with Gasteiger partial charge in [-0.25, -0.2) is 0 Å². The number of carbonyl (C=O) groups is 6. The van der Waals surface area contributed by atoms with Crippen LogP contribution in [-0.4, -0.2) is 87.6 Å². The van der Waals surface area contributed by atoms with Crippen LogP contribution in [0.5, 0.6) is 0 Å². The normalized spacial score (nSPS) is 19.6. The summed E-state index contributed by atoms with van der Waals surface area (Å²) in [6.45, 7) is 2.50. The molecule has 0 aliphatic carbocycles. The van der Waals surface area contributed by atoms with E-state index in [0.29, 0.717) is 38.2 Å². The predicted molar refractivity (Wildman–Crippen MR) is 144 cm³/mol. The molecule has 5 rings (SSSR count). The molecule has 13 nitrogen and oxygen atoms in total. The SMILES string of the molecule is O=C1CCC(N2C(=O)c3cccc(NCCNC(=O)c4ccc(CN5CCC(C(=O)O)CC5)cn4)c3C2=O)C(=O)N1. The van der Waals surface area contributed by atoms with Crippen molar-refractivity contribution in [1.82, 2.24) is 25.4 Å². The molecular weight excluding hydrogens is 532 g/mol. The Balaban J connectivity index is 1.12. The molecule has 0 bridgehead atoms. The monoisotopic (exact) mass is 562 g/mol. The van der Waals surface area contributed by atoms with Crippen molar-refractivity contribution in [1.29, 1.82) is 0 Å². The third-order valence-electron chi connectivity index (χ3n) is 7.59. The Bertz CT molecular complexity index is 1400. The lowest BCUT2D eigenvalue weighted by molar-refractivity contribution is -0.143. The topological polar surface area (TPSA) is 178 Å². The zero-order valence-electron chi connectivity index (χ0n) is 22.2. The van der Waals surface area contributed by atoms with Crippen molar-refractivity contribution in [3.8, 4) is 0 Å². The van der Waals surface area contributed by atoms with E-state index in [0.717, 1.165) is 10.5 Å². The molecule has 41 heavy (non-hydrogen) atoms. The van der Waals surface area contributed by atoms with Gasteiger partial charge in [-0.15, -0.1) is 0 Å². The summed E-state index contributed by atoms with van der Waals surface area (Å²) in [6.07, 6.45) is 2.99. The lowest BCUT2D eigenvalue weighted by Gasteiger charge is -2.29. The lowest BCUT2D eigenvalue weighted by atomic mass is 9.97. The summed E-state index contributed by atoms with van der Waals surface area (Å²) >= 11 is 0. The third kappa shape index (κ3) is 5.94. The second kappa shape index (κ2) is 11.8. The Morgan fingerprint density at radius 3 is 2.46 bits per heavy atom. The van der Waals surface area contributed by atoms with E-state index in [1.54, 1.807) is 24.4 Å². The van der Waals surface area contributed by atoms with E-state index in [4.69, 9.17) is 5.11 Å². The van der Waals surface area contributed by atoms with Gasteiger partial charge >= 0.3 is 5.97 Å². The Morgan fingerprint density at radius 2 is 1.78 bits per heavy atom. The van der Waals surface area contributed by atoms with E-state index in [1.807, 2.05) is 6.07 Å². The number of aliphatic carboxylic acids is 1. The molecular formula is C28H30N6O7. The van der Waals surface area contributed by atoms with Crippen molar-refractivity contribution in [2.75, 3.05) is 31.5 Å². The molecule has 13 heteroatoms. The van der Waals surface area contributed by atoms with Crippen LogP contribution in [0.15, 0.2) is 36.5 Å². The molecule has 0 spiro atoms. The number of carbonyl (C=O) groups excluding carboxylic acids is 5. The van der Waals surface area contributed by atoms with Gasteiger partial charge in [-0.3, -0.25) is 48.9 Å². The highest BCUT2D eigenvalue weighted by Crippen LogP contribution is 2.32. The predicted octanol–water partition coefficient (Wildman–Crippen LogP) is 0.621. The van der Waals surface area contributed by atoms with Gasteiger partial charge in [0.15, 0.2) is 0 Å². The fourth-order valence-electron chi connectivity index (χ4n) is 5.37. The van der Waals surface area contributed by atoms with Crippen LogP contribution in [0.2, 0.25) is 0 Å². The molecule has 5 amide bonds. The number of pyridine rings is 1. The summed E-state index contributed by atoms with van der Waals surface area (Å²) < 4.78 is 0. The number of amides is 5. The fourth-order valence-corrected chi connectivity index (χ4v) is 5.37. The van der Waals surface area contributed by atoms with Crippen LogP contribution in [0, 0.1) is 5.92 Å². The number of piperidine rings is 2. The zero-order valence-corrected chi connectivity index (χ0v) is 22.2. The second-order valence-corrected chi connectivity index (χ2v) is 10.3. The molecule has 2 fully saturated rings. The molecule has 2 aromatic rings. The molecule has 1 aromatic carbocycles. The smallest absolute Gasteiger partial charge is 0.306 e. The summed E-state index contributed by atoms with van der Waals surface area (Å²) in [5.41, 5.74) is 1.90. The van der Waals surface area contributed by atoms with Crippen LogP contribution in [0.1, 0.15) is 62.5 Å². The largest absolute Gasteiger partial charge is 0.481 e. The number of fused-ring (bicyclic) bond motifs is 1. The molecule has 1 atom stereocenters. The van der Waals surface area contributed by atoms with E-state index in [9.17, 15) is 28.8 Å². The van der Waals surface area contributed by atoms with Crippen molar-refractivity contribution in [3.05, 3.63) is 58.9 Å². The van der Waals surface area contributed by atoms with Crippen molar-refractivity contribution in [2.45, 2.75) is 38.3 Å². The van der Waals surface area contributed by atoms with E-state index in [-0.39, 0.29) is 54.6 Å². The van der Waals surface area contributed by atoms with Gasteiger partial charge in [0.05, 0.1) is 17.0 Å². The first-order chi connectivity index (χ1) is 19.7. The van der Waals surface area contributed by atoms with Gasteiger partial charge in [0.25, 0.3) is 17.7 Å². The number of hydrogen-bond acceptors (Lipinski definition) is 9. The maximum Gasteiger partial charge on any atom is 0.306 e. The lowest BCUT2D eigenvalue weighted by Crippen LogP contribution is -2.54.